The zero-order chi connectivity index (χ0) is 13.1. The van der Waals surface area contributed by atoms with E-state index in [0.29, 0.717) is 19.8 Å². The first-order valence-electron chi connectivity index (χ1n) is 6.83. The minimum Gasteiger partial charge on any atom is -0.381 e. The molecule has 0 aromatic heterocycles. The van der Waals surface area contributed by atoms with E-state index in [9.17, 15) is 8.42 Å². The Kier molecular flexibility index (Phi) is 4.64. The second kappa shape index (κ2) is 5.86. The van der Waals surface area contributed by atoms with Crippen LogP contribution in [-0.4, -0.2) is 39.5 Å². The van der Waals surface area contributed by atoms with Crippen LogP contribution in [0.1, 0.15) is 38.5 Å². The molecule has 1 saturated carbocycles. The predicted molar refractivity (Wildman–Crippen MR) is 70.7 cm³/mol. The lowest BCUT2D eigenvalue weighted by atomic mass is 9.83. The van der Waals surface area contributed by atoms with Crippen molar-refractivity contribution in [1.82, 2.24) is 4.72 Å². The number of rotatable bonds is 5. The van der Waals surface area contributed by atoms with Crippen LogP contribution in [-0.2, 0) is 14.8 Å². The molecule has 6 heteroatoms. The van der Waals surface area contributed by atoms with Gasteiger partial charge in [-0.2, -0.15) is 0 Å². The summed E-state index contributed by atoms with van der Waals surface area (Å²) >= 11 is 0. The topological polar surface area (TPSA) is 81.4 Å². The molecule has 1 saturated heterocycles. The van der Waals surface area contributed by atoms with Crippen LogP contribution in [0.5, 0.6) is 0 Å². The van der Waals surface area contributed by atoms with E-state index in [4.69, 9.17) is 10.5 Å². The van der Waals surface area contributed by atoms with Gasteiger partial charge in [0.05, 0.1) is 12.4 Å². The summed E-state index contributed by atoms with van der Waals surface area (Å²) in [6, 6.07) is 0. The smallest absolute Gasteiger partial charge is 0.212 e. The first kappa shape index (κ1) is 14.2. The number of hydrogen-bond acceptors (Lipinski definition) is 4. The molecule has 1 unspecified atom stereocenters. The SMILES string of the molecule is NC1(CNS(=O)(=O)CC2CCOC2)CCCCC1. The third-order valence-corrected chi connectivity index (χ3v) is 5.47. The molecule has 1 heterocycles. The number of hydrogen-bond donors (Lipinski definition) is 2. The molecule has 0 radical (unpaired) electrons. The highest BCUT2D eigenvalue weighted by Crippen LogP contribution is 2.25. The average molecular weight is 276 g/mol. The van der Waals surface area contributed by atoms with Crippen LogP contribution in [0.25, 0.3) is 0 Å². The van der Waals surface area contributed by atoms with Crippen molar-refractivity contribution in [2.75, 3.05) is 25.5 Å². The average Bonchev–Trinajstić information content (AvgIpc) is 2.80. The van der Waals surface area contributed by atoms with E-state index in [2.05, 4.69) is 4.72 Å². The Labute approximate surface area is 110 Å². The molecule has 1 aliphatic carbocycles. The lowest BCUT2D eigenvalue weighted by molar-refractivity contribution is 0.188. The molecule has 0 spiro atoms. The van der Waals surface area contributed by atoms with Gasteiger partial charge in [0.15, 0.2) is 0 Å². The standard InChI is InChI=1S/C12H24N2O3S/c13-12(5-2-1-3-6-12)10-14-18(15,16)9-11-4-7-17-8-11/h11,14H,1-10,13H2. The van der Waals surface area contributed by atoms with Crippen molar-refractivity contribution in [3.63, 3.8) is 0 Å². The van der Waals surface area contributed by atoms with Gasteiger partial charge in [-0.05, 0) is 25.2 Å². The van der Waals surface area contributed by atoms with E-state index >= 15 is 0 Å². The van der Waals surface area contributed by atoms with Gasteiger partial charge in [0.2, 0.25) is 10.0 Å². The van der Waals surface area contributed by atoms with Crippen LogP contribution in [0.15, 0.2) is 0 Å². The van der Waals surface area contributed by atoms with Crippen molar-refractivity contribution in [1.29, 1.82) is 0 Å². The molecule has 1 atom stereocenters. The summed E-state index contributed by atoms with van der Waals surface area (Å²) in [6.07, 6.45) is 6.10. The monoisotopic (exact) mass is 276 g/mol. The Morgan fingerprint density at radius 1 is 1.28 bits per heavy atom. The number of ether oxygens (including phenoxy) is 1. The van der Waals surface area contributed by atoms with Crippen molar-refractivity contribution in [2.45, 2.75) is 44.1 Å². The van der Waals surface area contributed by atoms with Crippen LogP contribution >= 0.6 is 0 Å². The van der Waals surface area contributed by atoms with Crippen LogP contribution < -0.4 is 10.5 Å². The molecule has 3 N–H and O–H groups in total. The van der Waals surface area contributed by atoms with Gasteiger partial charge in [0.25, 0.3) is 0 Å². The Balaban J connectivity index is 1.80. The summed E-state index contributed by atoms with van der Waals surface area (Å²) in [5.74, 6) is 0.311. The first-order chi connectivity index (χ1) is 8.49. The van der Waals surface area contributed by atoms with Crippen LogP contribution in [0.2, 0.25) is 0 Å². The van der Waals surface area contributed by atoms with Gasteiger partial charge in [0.1, 0.15) is 0 Å². The quantitative estimate of drug-likeness (QED) is 0.770. The second-order valence-corrected chi connectivity index (χ2v) is 7.61. The fraction of sp³-hybridized carbons (Fsp3) is 1.00. The van der Waals surface area contributed by atoms with Gasteiger partial charge in [-0.25, -0.2) is 13.1 Å². The zero-order valence-electron chi connectivity index (χ0n) is 10.9. The van der Waals surface area contributed by atoms with Crippen LogP contribution in [0, 0.1) is 5.92 Å². The first-order valence-corrected chi connectivity index (χ1v) is 8.48. The van der Waals surface area contributed by atoms with E-state index in [1.54, 1.807) is 0 Å². The molecule has 0 aromatic carbocycles. The van der Waals surface area contributed by atoms with Gasteiger partial charge >= 0.3 is 0 Å². The lowest BCUT2D eigenvalue weighted by Gasteiger charge is -2.33. The van der Waals surface area contributed by atoms with E-state index in [1.165, 1.54) is 6.42 Å². The van der Waals surface area contributed by atoms with Gasteiger partial charge in [0, 0.05) is 18.7 Å². The third kappa shape index (κ3) is 4.19. The largest absolute Gasteiger partial charge is 0.381 e. The predicted octanol–water partition coefficient (Wildman–Crippen LogP) is 0.604. The summed E-state index contributed by atoms with van der Waals surface area (Å²) < 4.78 is 31.8. The molecule has 1 aliphatic heterocycles. The molecule has 2 aliphatic rings. The highest BCUT2D eigenvalue weighted by Gasteiger charge is 2.30. The van der Waals surface area contributed by atoms with Crippen molar-refractivity contribution in [3.05, 3.63) is 0 Å². The second-order valence-electron chi connectivity index (χ2n) is 5.76. The minimum absolute atomic E-state index is 0.141. The molecule has 0 amide bonds. The summed E-state index contributed by atoms with van der Waals surface area (Å²) in [6.45, 7) is 1.62. The van der Waals surface area contributed by atoms with E-state index < -0.39 is 10.0 Å². The number of nitrogens with one attached hydrogen (secondary N) is 1. The minimum atomic E-state index is -3.21. The Hall–Kier alpha value is -0.170. The van der Waals surface area contributed by atoms with Crippen molar-refractivity contribution in [3.8, 4) is 0 Å². The van der Waals surface area contributed by atoms with Crippen molar-refractivity contribution >= 4 is 10.0 Å². The Morgan fingerprint density at radius 3 is 2.61 bits per heavy atom. The summed E-state index contributed by atoms with van der Waals surface area (Å²) in [5.41, 5.74) is 5.89. The van der Waals surface area contributed by atoms with Gasteiger partial charge < -0.3 is 10.5 Å². The summed E-state index contributed by atoms with van der Waals surface area (Å²) in [4.78, 5) is 0. The normalized spacial score (nSPS) is 28.4. The maximum Gasteiger partial charge on any atom is 0.212 e. The molecule has 0 bridgehead atoms. The maximum absolute atomic E-state index is 11.9. The maximum atomic E-state index is 11.9. The molecule has 2 fully saturated rings. The number of nitrogens with two attached hydrogens (primary N) is 1. The third-order valence-electron chi connectivity index (χ3n) is 3.97. The highest BCUT2D eigenvalue weighted by molar-refractivity contribution is 7.89. The van der Waals surface area contributed by atoms with E-state index in [1.807, 2.05) is 0 Å². The fourth-order valence-electron chi connectivity index (χ4n) is 2.77. The molecule has 2 rings (SSSR count). The fourth-order valence-corrected chi connectivity index (χ4v) is 4.28. The molecule has 18 heavy (non-hydrogen) atoms. The lowest BCUT2D eigenvalue weighted by Crippen LogP contribution is -2.51. The molecule has 106 valence electrons. The molecule has 5 nitrogen and oxygen atoms in total. The molecule has 0 aromatic rings. The summed E-state index contributed by atoms with van der Waals surface area (Å²) in [5, 5.41) is 0. The summed E-state index contributed by atoms with van der Waals surface area (Å²) in [7, 11) is -3.21. The van der Waals surface area contributed by atoms with Crippen LogP contribution in [0.4, 0.5) is 0 Å². The highest BCUT2D eigenvalue weighted by atomic mass is 32.2. The van der Waals surface area contributed by atoms with Gasteiger partial charge in [-0.15, -0.1) is 0 Å². The van der Waals surface area contributed by atoms with E-state index in [-0.39, 0.29) is 17.2 Å². The molecular weight excluding hydrogens is 252 g/mol. The van der Waals surface area contributed by atoms with Crippen LogP contribution in [0.3, 0.4) is 0 Å². The Bertz CT molecular complexity index is 358. The van der Waals surface area contributed by atoms with Gasteiger partial charge in [-0.1, -0.05) is 19.3 Å². The van der Waals surface area contributed by atoms with Gasteiger partial charge in [-0.3, -0.25) is 0 Å². The van der Waals surface area contributed by atoms with E-state index in [0.717, 1.165) is 32.1 Å². The van der Waals surface area contributed by atoms with Crippen molar-refractivity contribution < 1.29 is 13.2 Å². The van der Waals surface area contributed by atoms with Crippen molar-refractivity contribution in [2.24, 2.45) is 11.7 Å². The number of sulfonamides is 1. The molecular formula is C12H24N2O3S. The zero-order valence-corrected chi connectivity index (χ0v) is 11.7. The Morgan fingerprint density at radius 2 is 2.00 bits per heavy atom.